The van der Waals surface area contributed by atoms with Crippen LogP contribution in [-0.4, -0.2) is 11.9 Å². The van der Waals surface area contributed by atoms with Crippen LogP contribution in [0.15, 0.2) is 54.6 Å². The molecule has 0 unspecified atom stereocenters. The third-order valence-electron chi connectivity index (χ3n) is 2.97. The van der Waals surface area contributed by atoms with Gasteiger partial charge in [-0.05, 0) is 37.6 Å². The molecule has 3 N–H and O–H groups in total. The number of carbonyl (C=O) groups excluding carboxylic acids is 1. The van der Waals surface area contributed by atoms with Gasteiger partial charge in [-0.3, -0.25) is 4.79 Å². The van der Waals surface area contributed by atoms with Crippen LogP contribution in [0.25, 0.3) is 0 Å². The van der Waals surface area contributed by atoms with Crippen LogP contribution in [0.2, 0.25) is 0 Å². The summed E-state index contributed by atoms with van der Waals surface area (Å²) in [4.78, 5) is 12.1. The molecule has 4 nitrogen and oxygen atoms in total. The second-order valence-electron chi connectivity index (χ2n) is 5.13. The molecule has 0 saturated heterocycles. The van der Waals surface area contributed by atoms with Crippen molar-refractivity contribution >= 4 is 11.6 Å². The largest absolute Gasteiger partial charge is 0.350 e. The Labute approximate surface area is 125 Å². The Kier molecular flexibility index (Phi) is 5.35. The molecule has 0 aromatic heterocycles. The van der Waals surface area contributed by atoms with Crippen molar-refractivity contribution in [2.45, 2.75) is 26.4 Å². The van der Waals surface area contributed by atoms with E-state index < -0.39 is 0 Å². The third-order valence-corrected chi connectivity index (χ3v) is 2.97. The smallest absolute Gasteiger partial charge is 0.251 e. The van der Waals surface area contributed by atoms with Gasteiger partial charge in [0.2, 0.25) is 0 Å². The monoisotopic (exact) mass is 283 g/mol. The first-order valence-electron chi connectivity index (χ1n) is 7.09. The summed E-state index contributed by atoms with van der Waals surface area (Å²) < 4.78 is 0. The van der Waals surface area contributed by atoms with Crippen LogP contribution in [0.5, 0.6) is 0 Å². The SMILES string of the molecule is CC(C)NC(=O)c1ccccc1CNNc1ccccc1. The lowest BCUT2D eigenvalue weighted by Crippen LogP contribution is -2.31. The number of amides is 1. The van der Waals surface area contributed by atoms with Gasteiger partial charge in [-0.1, -0.05) is 36.4 Å². The second kappa shape index (κ2) is 7.45. The molecule has 110 valence electrons. The summed E-state index contributed by atoms with van der Waals surface area (Å²) >= 11 is 0. The Balaban J connectivity index is 1.98. The molecule has 0 heterocycles. The predicted molar refractivity (Wildman–Crippen MR) is 85.9 cm³/mol. The fraction of sp³-hybridized carbons (Fsp3) is 0.235. The fourth-order valence-corrected chi connectivity index (χ4v) is 2.00. The van der Waals surface area contributed by atoms with E-state index in [0.717, 1.165) is 11.3 Å². The molecule has 1 amide bonds. The molecule has 4 heteroatoms. The number of benzene rings is 2. The maximum absolute atomic E-state index is 12.1. The average molecular weight is 283 g/mol. The van der Waals surface area contributed by atoms with E-state index in [4.69, 9.17) is 0 Å². The molecule has 0 aliphatic heterocycles. The van der Waals surface area contributed by atoms with Crippen LogP contribution >= 0.6 is 0 Å². The van der Waals surface area contributed by atoms with Crippen molar-refractivity contribution in [2.75, 3.05) is 5.43 Å². The van der Waals surface area contributed by atoms with Gasteiger partial charge in [-0.25, -0.2) is 5.43 Å². The number of hydrogen-bond donors (Lipinski definition) is 3. The molecule has 0 spiro atoms. The number of hydrazine groups is 1. The predicted octanol–water partition coefficient (Wildman–Crippen LogP) is 2.94. The molecule has 0 atom stereocenters. The van der Waals surface area contributed by atoms with Crippen LogP contribution in [0.3, 0.4) is 0 Å². The zero-order valence-corrected chi connectivity index (χ0v) is 12.4. The topological polar surface area (TPSA) is 53.2 Å². The van der Waals surface area contributed by atoms with E-state index in [2.05, 4.69) is 16.2 Å². The maximum atomic E-state index is 12.1. The molecule has 0 saturated carbocycles. The highest BCUT2D eigenvalue weighted by atomic mass is 16.1. The van der Waals surface area contributed by atoms with Gasteiger partial charge >= 0.3 is 0 Å². The first-order chi connectivity index (χ1) is 10.2. The van der Waals surface area contributed by atoms with Gasteiger partial charge in [0.15, 0.2) is 0 Å². The van der Waals surface area contributed by atoms with Crippen molar-refractivity contribution in [3.8, 4) is 0 Å². The first-order valence-corrected chi connectivity index (χ1v) is 7.09. The normalized spacial score (nSPS) is 10.4. The average Bonchev–Trinajstić information content (AvgIpc) is 2.48. The lowest BCUT2D eigenvalue weighted by atomic mass is 10.1. The minimum Gasteiger partial charge on any atom is -0.350 e. The highest BCUT2D eigenvalue weighted by Gasteiger charge is 2.11. The Hall–Kier alpha value is -2.33. The summed E-state index contributed by atoms with van der Waals surface area (Å²) in [6.07, 6.45) is 0. The van der Waals surface area contributed by atoms with E-state index in [0.29, 0.717) is 12.1 Å². The Morgan fingerprint density at radius 1 is 1.00 bits per heavy atom. The molecule has 2 aromatic carbocycles. The number of nitrogens with one attached hydrogen (secondary N) is 3. The van der Waals surface area contributed by atoms with Gasteiger partial charge < -0.3 is 10.7 Å². The van der Waals surface area contributed by atoms with E-state index in [9.17, 15) is 4.79 Å². The molecule has 2 rings (SSSR count). The lowest BCUT2D eigenvalue weighted by Gasteiger charge is -2.13. The standard InChI is InChI=1S/C17H21N3O/c1-13(2)19-17(21)16-11-7-6-8-14(16)12-18-20-15-9-4-3-5-10-15/h3-11,13,18,20H,12H2,1-2H3,(H,19,21). The Morgan fingerprint density at radius 3 is 2.38 bits per heavy atom. The first kappa shape index (κ1) is 15.1. The van der Waals surface area contributed by atoms with Gasteiger partial charge in [0, 0.05) is 23.8 Å². The molecule has 0 aliphatic carbocycles. The highest BCUT2D eigenvalue weighted by Crippen LogP contribution is 2.09. The summed E-state index contributed by atoms with van der Waals surface area (Å²) in [7, 11) is 0. The molecule has 0 bridgehead atoms. The van der Waals surface area contributed by atoms with Crippen LogP contribution in [0, 0.1) is 0 Å². The number of carbonyl (C=O) groups is 1. The van der Waals surface area contributed by atoms with Crippen molar-refractivity contribution in [1.29, 1.82) is 0 Å². The van der Waals surface area contributed by atoms with Gasteiger partial charge in [-0.15, -0.1) is 0 Å². The van der Waals surface area contributed by atoms with Crippen molar-refractivity contribution in [2.24, 2.45) is 0 Å². The maximum Gasteiger partial charge on any atom is 0.251 e. The van der Waals surface area contributed by atoms with Crippen LogP contribution in [0.1, 0.15) is 29.8 Å². The lowest BCUT2D eigenvalue weighted by molar-refractivity contribution is 0.0942. The Bertz CT molecular complexity index is 582. The second-order valence-corrected chi connectivity index (χ2v) is 5.13. The van der Waals surface area contributed by atoms with Crippen molar-refractivity contribution in [1.82, 2.24) is 10.7 Å². The highest BCUT2D eigenvalue weighted by molar-refractivity contribution is 5.95. The van der Waals surface area contributed by atoms with E-state index in [1.54, 1.807) is 0 Å². The quantitative estimate of drug-likeness (QED) is 0.714. The van der Waals surface area contributed by atoms with Crippen LogP contribution < -0.4 is 16.2 Å². The number of anilines is 1. The molecule has 0 radical (unpaired) electrons. The Morgan fingerprint density at radius 2 is 1.67 bits per heavy atom. The van der Waals surface area contributed by atoms with Crippen LogP contribution in [-0.2, 0) is 6.54 Å². The van der Waals surface area contributed by atoms with E-state index in [-0.39, 0.29) is 11.9 Å². The van der Waals surface area contributed by atoms with E-state index >= 15 is 0 Å². The summed E-state index contributed by atoms with van der Waals surface area (Å²) in [6.45, 7) is 4.47. The number of para-hydroxylation sites is 1. The molecule has 0 aliphatic rings. The molecular weight excluding hydrogens is 262 g/mol. The zero-order chi connectivity index (χ0) is 15.1. The van der Waals surface area contributed by atoms with Crippen molar-refractivity contribution < 1.29 is 4.79 Å². The summed E-state index contributed by atoms with van der Waals surface area (Å²) in [5, 5.41) is 2.92. The van der Waals surface area contributed by atoms with E-state index in [1.165, 1.54) is 0 Å². The molecule has 0 fully saturated rings. The van der Waals surface area contributed by atoms with Crippen molar-refractivity contribution in [3.63, 3.8) is 0 Å². The summed E-state index contributed by atoms with van der Waals surface area (Å²) in [5.41, 5.74) is 8.90. The van der Waals surface area contributed by atoms with Gasteiger partial charge in [0.1, 0.15) is 0 Å². The third kappa shape index (κ3) is 4.61. The minimum absolute atomic E-state index is 0.0397. The zero-order valence-electron chi connectivity index (χ0n) is 12.4. The summed E-state index contributed by atoms with van der Waals surface area (Å²) in [5.74, 6) is -0.0397. The fourth-order valence-electron chi connectivity index (χ4n) is 2.00. The van der Waals surface area contributed by atoms with Crippen LogP contribution in [0.4, 0.5) is 5.69 Å². The molecular formula is C17H21N3O. The van der Waals surface area contributed by atoms with Gasteiger partial charge in [0.05, 0.1) is 0 Å². The van der Waals surface area contributed by atoms with Gasteiger partial charge in [-0.2, -0.15) is 0 Å². The van der Waals surface area contributed by atoms with Gasteiger partial charge in [0.25, 0.3) is 5.91 Å². The van der Waals surface area contributed by atoms with Crippen molar-refractivity contribution in [3.05, 3.63) is 65.7 Å². The molecule has 2 aromatic rings. The van der Waals surface area contributed by atoms with E-state index in [1.807, 2.05) is 68.4 Å². The number of hydrogen-bond acceptors (Lipinski definition) is 3. The summed E-state index contributed by atoms with van der Waals surface area (Å²) in [6, 6.07) is 17.6. The number of rotatable bonds is 6. The minimum atomic E-state index is -0.0397. The molecule has 21 heavy (non-hydrogen) atoms.